The first-order valence-corrected chi connectivity index (χ1v) is 3.99. The Bertz CT molecular complexity index is 226. The van der Waals surface area contributed by atoms with E-state index in [0.29, 0.717) is 0 Å². The van der Waals surface area contributed by atoms with Gasteiger partial charge in [-0.15, -0.1) is 0 Å². The standard InChI is InChI=1S/C7H13N2.BF3.FH/c1-3-4-9-6-5-8(2)7-9;2-1(3)4;/h5-7H,3-4H2,1-2H3;;1H/q+1;;/p-1. The van der Waals surface area contributed by atoms with Gasteiger partial charge in [-0.1, -0.05) is 6.92 Å². The van der Waals surface area contributed by atoms with E-state index in [-0.39, 0.29) is 4.70 Å². The molecule has 0 atom stereocenters. The minimum Gasteiger partial charge on any atom is -1.00 e. The summed E-state index contributed by atoms with van der Waals surface area (Å²) in [6.45, 7) is 3.31. The van der Waals surface area contributed by atoms with Crippen molar-refractivity contribution in [3.05, 3.63) is 18.7 Å². The van der Waals surface area contributed by atoms with Crippen LogP contribution < -0.4 is 9.27 Å². The van der Waals surface area contributed by atoms with Crippen LogP contribution in [0.2, 0.25) is 0 Å². The van der Waals surface area contributed by atoms with E-state index < -0.39 is 7.54 Å². The predicted molar refractivity (Wildman–Crippen MR) is 45.0 cm³/mol. The number of nitrogens with zero attached hydrogens (tertiary/aromatic N) is 2. The molecule has 7 heteroatoms. The van der Waals surface area contributed by atoms with Crippen molar-refractivity contribution in [3.63, 3.8) is 0 Å². The van der Waals surface area contributed by atoms with E-state index in [1.807, 2.05) is 7.05 Å². The van der Waals surface area contributed by atoms with Gasteiger partial charge in [-0.3, -0.25) is 12.9 Å². The molecule has 82 valence electrons. The monoisotopic (exact) mass is 212 g/mol. The summed E-state index contributed by atoms with van der Waals surface area (Å²) in [5.74, 6) is 0. The molecular formula is C7H13BF4N2. The van der Waals surface area contributed by atoms with E-state index in [4.69, 9.17) is 0 Å². The molecule has 0 radical (unpaired) electrons. The van der Waals surface area contributed by atoms with Crippen molar-refractivity contribution in [1.82, 2.24) is 4.57 Å². The van der Waals surface area contributed by atoms with Gasteiger partial charge in [-0.05, 0) is 6.42 Å². The van der Waals surface area contributed by atoms with Crippen LogP contribution in [0.1, 0.15) is 13.3 Å². The van der Waals surface area contributed by atoms with Crippen LogP contribution >= 0.6 is 0 Å². The summed E-state index contributed by atoms with van der Waals surface area (Å²) in [7, 11) is -1.63. The van der Waals surface area contributed by atoms with Gasteiger partial charge >= 0.3 is 7.54 Å². The number of aromatic nitrogens is 2. The van der Waals surface area contributed by atoms with Gasteiger partial charge in [0.25, 0.3) is 0 Å². The van der Waals surface area contributed by atoms with Crippen LogP contribution in [0.5, 0.6) is 0 Å². The molecule has 1 aromatic heterocycles. The molecule has 0 amide bonds. The van der Waals surface area contributed by atoms with Crippen LogP contribution in [-0.2, 0) is 13.6 Å². The molecule has 0 bridgehead atoms. The van der Waals surface area contributed by atoms with Crippen molar-refractivity contribution >= 4 is 7.54 Å². The van der Waals surface area contributed by atoms with E-state index in [0.717, 1.165) is 6.54 Å². The van der Waals surface area contributed by atoms with Crippen molar-refractivity contribution < 1.29 is 22.2 Å². The van der Waals surface area contributed by atoms with Crippen molar-refractivity contribution in [2.24, 2.45) is 7.05 Å². The fourth-order valence-corrected chi connectivity index (χ4v) is 0.892. The van der Waals surface area contributed by atoms with E-state index >= 15 is 0 Å². The Kier molecular flexibility index (Phi) is 9.49. The second-order valence-electron chi connectivity index (χ2n) is 2.56. The first kappa shape index (κ1) is 15.5. The molecule has 1 rings (SSSR count). The molecule has 0 saturated heterocycles. The third-order valence-electron chi connectivity index (χ3n) is 1.31. The van der Waals surface area contributed by atoms with E-state index in [2.05, 4.69) is 34.8 Å². The average Bonchev–Trinajstić information content (AvgIpc) is 2.35. The van der Waals surface area contributed by atoms with Crippen molar-refractivity contribution in [2.45, 2.75) is 19.9 Å². The zero-order chi connectivity index (χ0) is 10.3. The molecule has 0 fully saturated rings. The topological polar surface area (TPSA) is 8.81 Å². The minimum atomic E-state index is -3.67. The van der Waals surface area contributed by atoms with Gasteiger partial charge in [0.2, 0.25) is 6.33 Å². The molecule has 0 saturated carbocycles. The molecule has 0 aliphatic rings. The van der Waals surface area contributed by atoms with Gasteiger partial charge in [0.15, 0.2) is 0 Å². The van der Waals surface area contributed by atoms with E-state index in [1.165, 1.54) is 6.42 Å². The molecule has 0 aliphatic carbocycles. The Morgan fingerprint density at radius 2 is 1.86 bits per heavy atom. The highest BCUT2D eigenvalue weighted by Crippen LogP contribution is 1.85. The van der Waals surface area contributed by atoms with Gasteiger partial charge in [-0.25, -0.2) is 9.13 Å². The number of halogens is 4. The van der Waals surface area contributed by atoms with Crippen LogP contribution in [0.15, 0.2) is 18.7 Å². The summed E-state index contributed by atoms with van der Waals surface area (Å²) in [6, 6.07) is 0. The Morgan fingerprint density at radius 1 is 1.36 bits per heavy atom. The van der Waals surface area contributed by atoms with Gasteiger partial charge in [0, 0.05) is 0 Å². The fraction of sp³-hybridized carbons (Fsp3) is 0.571. The molecule has 0 N–H and O–H groups in total. The first-order chi connectivity index (χ1) is 6.06. The molecule has 0 aliphatic heterocycles. The van der Waals surface area contributed by atoms with Crippen LogP contribution in [0.4, 0.5) is 12.9 Å². The number of aryl methyl sites for hydroxylation is 2. The van der Waals surface area contributed by atoms with Gasteiger partial charge in [0.1, 0.15) is 12.4 Å². The molecule has 0 unspecified atom stereocenters. The lowest BCUT2D eigenvalue weighted by Gasteiger charge is -1.86. The van der Waals surface area contributed by atoms with Crippen molar-refractivity contribution in [3.8, 4) is 0 Å². The highest BCUT2D eigenvalue weighted by molar-refractivity contribution is 6.33. The van der Waals surface area contributed by atoms with Gasteiger partial charge in [-0.2, -0.15) is 0 Å². The van der Waals surface area contributed by atoms with Crippen LogP contribution in [-0.4, -0.2) is 12.1 Å². The molecule has 1 heterocycles. The summed E-state index contributed by atoms with van der Waals surface area (Å²) in [5, 5.41) is 0. The zero-order valence-electron chi connectivity index (χ0n) is 8.13. The summed E-state index contributed by atoms with van der Waals surface area (Å²) in [4.78, 5) is 0. The summed E-state index contributed by atoms with van der Waals surface area (Å²) >= 11 is 0. The smallest absolute Gasteiger partial charge is 0.762 e. The van der Waals surface area contributed by atoms with Gasteiger partial charge in [0.05, 0.1) is 13.6 Å². The normalized spacial score (nSPS) is 8.36. The second kappa shape index (κ2) is 8.59. The third-order valence-corrected chi connectivity index (χ3v) is 1.31. The minimum absolute atomic E-state index is 0. The molecule has 0 aromatic carbocycles. The second-order valence-corrected chi connectivity index (χ2v) is 2.56. The number of hydrogen-bond donors (Lipinski definition) is 0. The predicted octanol–water partition coefficient (Wildman–Crippen LogP) is -1.39. The summed E-state index contributed by atoms with van der Waals surface area (Å²) in [5.41, 5.74) is 0. The Morgan fingerprint density at radius 3 is 2.14 bits per heavy atom. The van der Waals surface area contributed by atoms with Gasteiger partial charge < -0.3 is 4.70 Å². The average molecular weight is 212 g/mol. The Hall–Kier alpha value is -1.01. The zero-order valence-corrected chi connectivity index (χ0v) is 8.13. The molecule has 2 nitrogen and oxygen atoms in total. The highest BCUT2D eigenvalue weighted by Gasteiger charge is 2.06. The third kappa shape index (κ3) is 9.09. The fourth-order valence-electron chi connectivity index (χ4n) is 0.892. The lowest BCUT2D eigenvalue weighted by molar-refractivity contribution is -0.671. The number of hydrogen-bond acceptors (Lipinski definition) is 0. The SMILES string of the molecule is CCCn1cc[n+](C)c1.FB(F)F.[F-]. The van der Waals surface area contributed by atoms with Crippen molar-refractivity contribution in [2.75, 3.05) is 0 Å². The lowest BCUT2D eigenvalue weighted by atomic mass is 10.5. The number of rotatable bonds is 2. The summed E-state index contributed by atoms with van der Waals surface area (Å²) in [6.07, 6.45) is 7.43. The van der Waals surface area contributed by atoms with Crippen LogP contribution in [0, 0.1) is 0 Å². The lowest BCUT2D eigenvalue weighted by Crippen LogP contribution is -3.00. The maximum Gasteiger partial charge on any atom is 0.762 e. The maximum atomic E-state index is 9.67. The maximum absolute atomic E-state index is 9.67. The molecular weight excluding hydrogens is 199 g/mol. The highest BCUT2D eigenvalue weighted by atomic mass is 19.4. The van der Waals surface area contributed by atoms with E-state index in [1.54, 1.807) is 0 Å². The van der Waals surface area contributed by atoms with Crippen molar-refractivity contribution in [1.29, 1.82) is 0 Å². The van der Waals surface area contributed by atoms with E-state index in [9.17, 15) is 12.9 Å². The van der Waals surface area contributed by atoms with Crippen LogP contribution in [0.3, 0.4) is 0 Å². The first-order valence-electron chi connectivity index (χ1n) is 3.99. The van der Waals surface area contributed by atoms with Crippen LogP contribution in [0.25, 0.3) is 0 Å². The molecule has 14 heavy (non-hydrogen) atoms. The quantitative estimate of drug-likeness (QED) is 0.324. The summed E-state index contributed by atoms with van der Waals surface area (Å²) < 4.78 is 33.2. The Balaban J connectivity index is 0. The largest absolute Gasteiger partial charge is 1.00 e. The molecule has 0 spiro atoms. The number of imidazole rings is 1. The molecule has 1 aromatic rings. The Labute approximate surface area is 80.9 Å².